The lowest BCUT2D eigenvalue weighted by atomic mass is 10.0. The third-order valence-electron chi connectivity index (χ3n) is 4.61. The van der Waals surface area contributed by atoms with E-state index in [1.807, 2.05) is 6.07 Å². The first-order valence-corrected chi connectivity index (χ1v) is 8.07. The molecule has 0 saturated carbocycles. The van der Waals surface area contributed by atoms with Crippen LogP contribution < -0.4 is 5.63 Å². The maximum absolute atomic E-state index is 12.0. The minimum absolute atomic E-state index is 0.0690. The molecule has 1 saturated heterocycles. The summed E-state index contributed by atoms with van der Waals surface area (Å²) in [4.78, 5) is 23.8. The Hall–Kier alpha value is -2.14. The molecular formula is C18H18O5. The van der Waals surface area contributed by atoms with E-state index in [1.165, 1.54) is 17.2 Å². The minimum Gasteiger partial charge on any atom is -0.459 e. The largest absolute Gasteiger partial charge is 0.459 e. The number of benzene rings is 1. The first-order chi connectivity index (χ1) is 11.2. The number of rotatable bonds is 3. The maximum atomic E-state index is 12.0. The predicted octanol–water partition coefficient (Wildman–Crippen LogP) is 2.50. The van der Waals surface area contributed by atoms with E-state index in [-0.39, 0.29) is 12.6 Å². The summed E-state index contributed by atoms with van der Waals surface area (Å²) in [6.07, 6.45) is 4.30. The van der Waals surface area contributed by atoms with Crippen molar-refractivity contribution in [1.82, 2.24) is 0 Å². The molecule has 2 heterocycles. The van der Waals surface area contributed by atoms with Gasteiger partial charge in [0.25, 0.3) is 0 Å². The van der Waals surface area contributed by atoms with Crippen molar-refractivity contribution in [3.05, 3.63) is 45.3 Å². The zero-order valence-electron chi connectivity index (χ0n) is 12.8. The van der Waals surface area contributed by atoms with Crippen LogP contribution in [0.25, 0.3) is 11.0 Å². The molecule has 5 nitrogen and oxygen atoms in total. The van der Waals surface area contributed by atoms with Gasteiger partial charge in [0.15, 0.2) is 6.10 Å². The van der Waals surface area contributed by atoms with Crippen LogP contribution in [0, 0.1) is 0 Å². The van der Waals surface area contributed by atoms with Gasteiger partial charge < -0.3 is 13.9 Å². The van der Waals surface area contributed by atoms with Gasteiger partial charge in [-0.1, -0.05) is 0 Å². The van der Waals surface area contributed by atoms with Gasteiger partial charge in [-0.15, -0.1) is 0 Å². The van der Waals surface area contributed by atoms with Crippen LogP contribution in [-0.4, -0.2) is 18.7 Å². The van der Waals surface area contributed by atoms with E-state index in [2.05, 4.69) is 6.07 Å². The highest BCUT2D eigenvalue weighted by molar-refractivity contribution is 5.82. The van der Waals surface area contributed by atoms with Crippen molar-refractivity contribution >= 4 is 16.9 Å². The molecule has 120 valence electrons. The topological polar surface area (TPSA) is 65.7 Å². The fourth-order valence-corrected chi connectivity index (χ4v) is 3.42. The fraction of sp³-hybridized carbons (Fsp3) is 0.444. The molecule has 2 aromatic rings. The van der Waals surface area contributed by atoms with Crippen LogP contribution in [0.15, 0.2) is 27.4 Å². The molecule has 1 aliphatic heterocycles. The third kappa shape index (κ3) is 2.77. The number of carbonyl (C=O) groups excluding carboxylic acids is 1. The van der Waals surface area contributed by atoms with Crippen LogP contribution in [0.2, 0.25) is 0 Å². The molecular weight excluding hydrogens is 296 g/mol. The Kier molecular flexibility index (Phi) is 3.65. The molecule has 0 N–H and O–H groups in total. The summed E-state index contributed by atoms with van der Waals surface area (Å²) >= 11 is 0. The van der Waals surface area contributed by atoms with E-state index >= 15 is 0 Å². The van der Waals surface area contributed by atoms with Crippen LogP contribution >= 0.6 is 0 Å². The van der Waals surface area contributed by atoms with E-state index < -0.39 is 11.7 Å². The minimum atomic E-state index is -0.467. The smallest absolute Gasteiger partial charge is 0.336 e. The Morgan fingerprint density at radius 1 is 1.17 bits per heavy atom. The molecule has 0 bridgehead atoms. The molecule has 1 aromatic carbocycles. The summed E-state index contributed by atoms with van der Waals surface area (Å²) in [6, 6.07) is 5.42. The molecule has 1 aromatic heterocycles. The van der Waals surface area contributed by atoms with E-state index in [0.717, 1.165) is 31.1 Å². The van der Waals surface area contributed by atoms with Gasteiger partial charge in [0.2, 0.25) is 0 Å². The number of aryl methyl sites for hydroxylation is 2. The van der Waals surface area contributed by atoms with Gasteiger partial charge >= 0.3 is 11.6 Å². The average molecular weight is 314 g/mol. The summed E-state index contributed by atoms with van der Waals surface area (Å²) in [5, 5.41) is 0.852. The fourth-order valence-electron chi connectivity index (χ4n) is 3.42. The Bertz CT molecular complexity index is 814. The Labute approximate surface area is 133 Å². The quantitative estimate of drug-likeness (QED) is 0.643. The second-order valence-electron chi connectivity index (χ2n) is 6.17. The molecule has 0 unspecified atom stereocenters. The van der Waals surface area contributed by atoms with Crippen LogP contribution in [0.4, 0.5) is 0 Å². The molecule has 4 rings (SSSR count). The summed E-state index contributed by atoms with van der Waals surface area (Å²) in [7, 11) is 0. The van der Waals surface area contributed by atoms with Gasteiger partial charge in [-0.2, -0.15) is 0 Å². The van der Waals surface area contributed by atoms with Crippen molar-refractivity contribution in [2.45, 2.75) is 44.8 Å². The second-order valence-corrected chi connectivity index (χ2v) is 6.17. The van der Waals surface area contributed by atoms with Crippen molar-refractivity contribution in [1.29, 1.82) is 0 Å². The normalized spacial score (nSPS) is 19.9. The lowest BCUT2D eigenvalue weighted by Crippen LogP contribution is -2.22. The molecule has 0 radical (unpaired) electrons. The predicted molar refractivity (Wildman–Crippen MR) is 83.3 cm³/mol. The number of esters is 1. The number of fused-ring (bicyclic) bond motifs is 2. The first kappa shape index (κ1) is 14.5. The van der Waals surface area contributed by atoms with Gasteiger partial charge in [0, 0.05) is 23.6 Å². The van der Waals surface area contributed by atoms with Gasteiger partial charge in [-0.05, 0) is 55.4 Å². The number of hydrogen-bond acceptors (Lipinski definition) is 5. The van der Waals surface area contributed by atoms with E-state index in [0.29, 0.717) is 24.2 Å². The highest BCUT2D eigenvalue weighted by atomic mass is 16.6. The van der Waals surface area contributed by atoms with Gasteiger partial charge in [-0.3, -0.25) is 0 Å². The van der Waals surface area contributed by atoms with Crippen molar-refractivity contribution in [3.8, 4) is 0 Å². The Balaban J connectivity index is 1.63. The average Bonchev–Trinajstić information content (AvgIpc) is 3.21. The van der Waals surface area contributed by atoms with E-state index in [4.69, 9.17) is 13.9 Å². The molecule has 1 aliphatic carbocycles. The summed E-state index contributed by atoms with van der Waals surface area (Å²) in [5.74, 6) is -0.356. The molecule has 1 fully saturated rings. The standard InChI is InChI=1S/C18H18O5/c19-17-9-13(10-22-18(20)15-5-2-6-21-15)14-7-11-3-1-4-12(11)8-16(14)23-17/h7-9,15H,1-6,10H2/t15-/m0/s1. The SMILES string of the molecule is O=C(OCc1cc(=O)oc2cc3c(cc12)CCC3)[C@@H]1CCCO1. The molecule has 0 amide bonds. The van der Waals surface area contributed by atoms with Crippen LogP contribution in [-0.2, 0) is 33.7 Å². The summed E-state index contributed by atoms with van der Waals surface area (Å²) in [6.45, 7) is 0.670. The van der Waals surface area contributed by atoms with Crippen LogP contribution in [0.5, 0.6) is 0 Å². The van der Waals surface area contributed by atoms with Gasteiger partial charge in [0.1, 0.15) is 12.2 Å². The van der Waals surface area contributed by atoms with Crippen molar-refractivity contribution in [3.63, 3.8) is 0 Å². The number of ether oxygens (including phenoxy) is 2. The van der Waals surface area contributed by atoms with Crippen molar-refractivity contribution < 1.29 is 18.7 Å². The molecule has 23 heavy (non-hydrogen) atoms. The first-order valence-electron chi connectivity index (χ1n) is 8.07. The van der Waals surface area contributed by atoms with E-state index in [9.17, 15) is 9.59 Å². The monoisotopic (exact) mass is 314 g/mol. The zero-order valence-corrected chi connectivity index (χ0v) is 12.8. The Morgan fingerprint density at radius 3 is 2.78 bits per heavy atom. The lowest BCUT2D eigenvalue weighted by Gasteiger charge is -2.11. The van der Waals surface area contributed by atoms with Crippen LogP contribution in [0.1, 0.15) is 36.0 Å². The second kappa shape index (κ2) is 5.81. The summed E-state index contributed by atoms with van der Waals surface area (Å²) < 4.78 is 16.0. The Morgan fingerprint density at radius 2 is 2.00 bits per heavy atom. The molecule has 1 atom stereocenters. The third-order valence-corrected chi connectivity index (χ3v) is 4.61. The van der Waals surface area contributed by atoms with Gasteiger partial charge in [-0.25, -0.2) is 9.59 Å². The molecule has 0 spiro atoms. The van der Waals surface area contributed by atoms with E-state index in [1.54, 1.807) is 0 Å². The molecule has 2 aliphatic rings. The highest BCUT2D eigenvalue weighted by Gasteiger charge is 2.25. The van der Waals surface area contributed by atoms with Crippen molar-refractivity contribution in [2.24, 2.45) is 0 Å². The highest BCUT2D eigenvalue weighted by Crippen LogP contribution is 2.29. The number of hydrogen-bond donors (Lipinski definition) is 0. The zero-order chi connectivity index (χ0) is 15.8. The lowest BCUT2D eigenvalue weighted by molar-refractivity contribution is -0.155. The summed E-state index contributed by atoms with van der Waals surface area (Å²) in [5.41, 5.74) is 3.38. The molecule has 5 heteroatoms. The number of carbonyl (C=O) groups is 1. The maximum Gasteiger partial charge on any atom is 0.336 e. The van der Waals surface area contributed by atoms with Crippen LogP contribution in [0.3, 0.4) is 0 Å². The van der Waals surface area contributed by atoms with Crippen molar-refractivity contribution in [2.75, 3.05) is 6.61 Å². The van der Waals surface area contributed by atoms with Gasteiger partial charge in [0.05, 0.1) is 0 Å².